The van der Waals surface area contributed by atoms with E-state index in [4.69, 9.17) is 9.84 Å². The number of ether oxygens (including phenoxy) is 1. The molecule has 1 aliphatic rings. The van der Waals surface area contributed by atoms with E-state index < -0.39 is 0 Å². The molecule has 1 N–H and O–H groups in total. The van der Waals surface area contributed by atoms with Gasteiger partial charge in [-0.2, -0.15) is 16.9 Å². The molecular weight excluding hydrogens is 382 g/mol. The number of hydrogen-bond donors (Lipinski definition) is 1. The number of hydrogen-bond acceptors (Lipinski definition) is 4. The number of para-hydroxylation sites is 1. The van der Waals surface area contributed by atoms with Crippen molar-refractivity contribution >= 4 is 23.5 Å². The van der Waals surface area contributed by atoms with E-state index in [9.17, 15) is 4.79 Å². The van der Waals surface area contributed by atoms with Gasteiger partial charge in [0, 0.05) is 17.1 Å². The molecule has 5 nitrogen and oxygen atoms in total. The predicted molar refractivity (Wildman–Crippen MR) is 118 cm³/mol. The summed E-state index contributed by atoms with van der Waals surface area (Å²) < 4.78 is 7.55. The molecule has 0 saturated carbocycles. The maximum Gasteiger partial charge on any atom is 0.263 e. The third-order valence-corrected chi connectivity index (χ3v) is 6.04. The monoisotopic (exact) mass is 407 g/mol. The number of aryl methyl sites for hydroxylation is 1. The van der Waals surface area contributed by atoms with Crippen molar-refractivity contribution in [3.63, 3.8) is 0 Å². The van der Waals surface area contributed by atoms with Gasteiger partial charge in [-0.3, -0.25) is 4.79 Å². The van der Waals surface area contributed by atoms with E-state index in [2.05, 4.69) is 19.2 Å². The minimum Gasteiger partial charge on any atom is -0.484 e. The highest BCUT2D eigenvalue weighted by atomic mass is 32.2. The Kier molecular flexibility index (Phi) is 5.62. The Morgan fingerprint density at radius 2 is 1.93 bits per heavy atom. The van der Waals surface area contributed by atoms with Crippen LogP contribution in [0.5, 0.6) is 5.75 Å². The van der Waals surface area contributed by atoms with Crippen molar-refractivity contribution in [1.29, 1.82) is 0 Å². The summed E-state index contributed by atoms with van der Waals surface area (Å²) in [7, 11) is 0. The first kappa shape index (κ1) is 19.6. The van der Waals surface area contributed by atoms with Crippen LogP contribution < -0.4 is 10.1 Å². The first-order valence-electron chi connectivity index (χ1n) is 9.80. The van der Waals surface area contributed by atoms with E-state index >= 15 is 0 Å². The van der Waals surface area contributed by atoms with Gasteiger partial charge in [0.05, 0.1) is 11.4 Å². The van der Waals surface area contributed by atoms with Gasteiger partial charge in [0.2, 0.25) is 0 Å². The van der Waals surface area contributed by atoms with Crippen LogP contribution >= 0.6 is 11.8 Å². The molecule has 1 aromatic heterocycles. The number of amides is 1. The van der Waals surface area contributed by atoms with Crippen LogP contribution in [0.2, 0.25) is 0 Å². The number of thioether (sulfide) groups is 1. The minimum atomic E-state index is -0.188. The first-order valence-corrected chi connectivity index (χ1v) is 11.0. The topological polar surface area (TPSA) is 56.2 Å². The van der Waals surface area contributed by atoms with Gasteiger partial charge < -0.3 is 10.1 Å². The summed E-state index contributed by atoms with van der Waals surface area (Å²) in [4.78, 5) is 12.6. The molecule has 4 rings (SSSR count). The molecular formula is C23H25N3O2S. The lowest BCUT2D eigenvalue weighted by Gasteiger charge is -2.13. The highest BCUT2D eigenvalue weighted by molar-refractivity contribution is 7.98. The number of rotatable bonds is 6. The van der Waals surface area contributed by atoms with Crippen LogP contribution in [0.15, 0.2) is 48.5 Å². The maximum atomic E-state index is 12.6. The Morgan fingerprint density at radius 3 is 2.66 bits per heavy atom. The number of carbonyl (C=O) groups excluding carboxylic acids is 1. The van der Waals surface area contributed by atoms with Crippen molar-refractivity contribution in [2.45, 2.75) is 38.2 Å². The van der Waals surface area contributed by atoms with Gasteiger partial charge in [0.25, 0.3) is 5.91 Å². The van der Waals surface area contributed by atoms with Crippen LogP contribution in [0.3, 0.4) is 0 Å². The molecule has 0 aliphatic carbocycles. The fourth-order valence-corrected chi connectivity index (χ4v) is 4.42. The predicted octanol–water partition coefficient (Wildman–Crippen LogP) is 5.07. The van der Waals surface area contributed by atoms with Gasteiger partial charge >= 0.3 is 0 Å². The van der Waals surface area contributed by atoms with Crippen LogP contribution in [-0.4, -0.2) is 22.3 Å². The fourth-order valence-electron chi connectivity index (χ4n) is 3.38. The zero-order valence-electron chi connectivity index (χ0n) is 16.9. The Labute approximate surface area is 175 Å². The highest BCUT2D eigenvalue weighted by Gasteiger charge is 2.25. The molecule has 150 valence electrons. The zero-order chi connectivity index (χ0) is 20.4. The summed E-state index contributed by atoms with van der Waals surface area (Å²) in [6.45, 7) is 6.31. The van der Waals surface area contributed by atoms with Gasteiger partial charge in [0.15, 0.2) is 6.61 Å². The second-order valence-electron chi connectivity index (χ2n) is 7.53. The van der Waals surface area contributed by atoms with E-state index in [0.29, 0.717) is 11.7 Å². The van der Waals surface area contributed by atoms with Gasteiger partial charge in [-0.05, 0) is 42.2 Å². The third-order valence-electron chi connectivity index (χ3n) is 5.07. The summed E-state index contributed by atoms with van der Waals surface area (Å²) >= 11 is 1.81. The zero-order valence-corrected chi connectivity index (χ0v) is 17.8. The molecule has 0 spiro atoms. The lowest BCUT2D eigenvalue weighted by molar-refractivity contribution is -0.118. The summed E-state index contributed by atoms with van der Waals surface area (Å²) in [5.41, 5.74) is 5.48. The number of nitrogens with one attached hydrogen (secondary N) is 1. The standard InChI is InChI=1S/C23H25N3O2S/c1-15(2)17-8-10-18(11-9-17)28-12-22(27)24-23-19-13-29-14-20(19)25-26(23)21-7-5-4-6-16(21)3/h4-11,15H,12-14H2,1-3H3,(H,24,27). The van der Waals surface area contributed by atoms with Crippen LogP contribution in [0.25, 0.3) is 5.69 Å². The fraction of sp³-hybridized carbons (Fsp3) is 0.304. The van der Waals surface area contributed by atoms with E-state index in [0.717, 1.165) is 39.8 Å². The first-order chi connectivity index (χ1) is 14.0. The molecule has 6 heteroatoms. The van der Waals surface area contributed by atoms with Crippen LogP contribution in [0.4, 0.5) is 5.82 Å². The molecule has 0 fully saturated rings. The Bertz CT molecular complexity index is 1030. The number of aromatic nitrogens is 2. The Morgan fingerprint density at radius 1 is 1.17 bits per heavy atom. The molecule has 2 heterocycles. The molecule has 0 bridgehead atoms. The van der Waals surface area contributed by atoms with Gasteiger partial charge in [0.1, 0.15) is 11.6 Å². The number of anilines is 1. The third kappa shape index (κ3) is 4.17. The van der Waals surface area contributed by atoms with Crippen LogP contribution in [0.1, 0.15) is 42.1 Å². The average Bonchev–Trinajstić information content (AvgIpc) is 3.30. The van der Waals surface area contributed by atoms with Gasteiger partial charge in [-0.25, -0.2) is 4.68 Å². The van der Waals surface area contributed by atoms with Crippen molar-refractivity contribution in [1.82, 2.24) is 9.78 Å². The van der Waals surface area contributed by atoms with E-state index in [1.54, 1.807) is 0 Å². The molecule has 1 aliphatic heterocycles. The largest absolute Gasteiger partial charge is 0.484 e. The highest BCUT2D eigenvalue weighted by Crippen LogP contribution is 2.36. The molecule has 0 unspecified atom stereocenters. The second-order valence-corrected chi connectivity index (χ2v) is 8.51. The van der Waals surface area contributed by atoms with E-state index in [1.807, 2.05) is 71.9 Å². The van der Waals surface area contributed by atoms with Crippen molar-refractivity contribution in [2.75, 3.05) is 11.9 Å². The van der Waals surface area contributed by atoms with E-state index in [-0.39, 0.29) is 12.5 Å². The van der Waals surface area contributed by atoms with Crippen LogP contribution in [0, 0.1) is 6.92 Å². The van der Waals surface area contributed by atoms with E-state index in [1.165, 1.54) is 5.56 Å². The number of nitrogens with zero attached hydrogens (tertiary/aromatic N) is 2. The van der Waals surface area contributed by atoms with Crippen molar-refractivity contribution in [3.05, 3.63) is 70.9 Å². The van der Waals surface area contributed by atoms with Crippen molar-refractivity contribution < 1.29 is 9.53 Å². The summed E-state index contributed by atoms with van der Waals surface area (Å²) in [6.07, 6.45) is 0. The molecule has 1 amide bonds. The number of carbonyl (C=O) groups is 1. The molecule has 29 heavy (non-hydrogen) atoms. The molecule has 3 aromatic rings. The number of fused-ring (bicyclic) bond motifs is 1. The summed E-state index contributed by atoms with van der Waals surface area (Å²) in [6, 6.07) is 16.0. The summed E-state index contributed by atoms with van der Waals surface area (Å²) in [5.74, 6) is 3.45. The smallest absolute Gasteiger partial charge is 0.263 e. The molecule has 0 saturated heterocycles. The second kappa shape index (κ2) is 8.33. The lowest BCUT2D eigenvalue weighted by Crippen LogP contribution is -2.22. The summed E-state index contributed by atoms with van der Waals surface area (Å²) in [5, 5.41) is 7.80. The molecule has 2 aromatic carbocycles. The SMILES string of the molecule is Cc1ccccc1-n1nc2c(c1NC(=O)COc1ccc(C(C)C)cc1)CSC2. The van der Waals surface area contributed by atoms with Gasteiger partial charge in [-0.15, -0.1) is 0 Å². The Hall–Kier alpha value is -2.73. The minimum absolute atomic E-state index is 0.0398. The quantitative estimate of drug-likeness (QED) is 0.620. The normalized spacial score (nSPS) is 12.8. The van der Waals surface area contributed by atoms with Crippen molar-refractivity contribution in [2.24, 2.45) is 0 Å². The van der Waals surface area contributed by atoms with Crippen LogP contribution in [-0.2, 0) is 16.3 Å². The average molecular weight is 408 g/mol. The Balaban J connectivity index is 1.50. The molecule has 0 radical (unpaired) electrons. The maximum absolute atomic E-state index is 12.6. The van der Waals surface area contributed by atoms with Gasteiger partial charge in [-0.1, -0.05) is 44.2 Å². The molecule has 0 atom stereocenters. The van der Waals surface area contributed by atoms with Crippen molar-refractivity contribution in [3.8, 4) is 11.4 Å². The number of benzene rings is 2. The lowest BCUT2D eigenvalue weighted by atomic mass is 10.0.